The number of halogens is 2. The lowest BCUT2D eigenvalue weighted by molar-refractivity contribution is -0.186. The van der Waals surface area contributed by atoms with E-state index in [0.717, 1.165) is 17.1 Å². The van der Waals surface area contributed by atoms with Crippen molar-refractivity contribution in [1.29, 1.82) is 0 Å². The van der Waals surface area contributed by atoms with Crippen LogP contribution in [0.5, 0.6) is 0 Å². The van der Waals surface area contributed by atoms with Gasteiger partial charge in [-0.05, 0) is 23.8 Å². The summed E-state index contributed by atoms with van der Waals surface area (Å²) >= 11 is 13.8. The second-order valence-electron chi connectivity index (χ2n) is 8.27. The van der Waals surface area contributed by atoms with Crippen LogP contribution in [0.2, 0.25) is 10.0 Å². The third-order valence-electron chi connectivity index (χ3n) is 6.08. The number of thioether (sulfide) groups is 1. The zero-order valence-electron chi connectivity index (χ0n) is 18.5. The van der Waals surface area contributed by atoms with Gasteiger partial charge in [0.2, 0.25) is 5.91 Å². The van der Waals surface area contributed by atoms with Gasteiger partial charge in [-0.2, -0.15) is 0 Å². The number of carbonyl (C=O) groups excluding carboxylic acids is 1. The highest BCUT2D eigenvalue weighted by Gasteiger charge is 2.40. The zero-order chi connectivity index (χ0) is 23.5. The molecular formula is C24H24Cl2N4O3S. The first-order valence-electron chi connectivity index (χ1n) is 11.2. The number of amides is 1. The number of ether oxygens (including phenoxy) is 2. The summed E-state index contributed by atoms with van der Waals surface area (Å²) in [6.07, 6.45) is 1.99. The quantitative estimate of drug-likeness (QED) is 0.443. The van der Waals surface area contributed by atoms with Crippen molar-refractivity contribution in [1.82, 2.24) is 19.7 Å². The maximum absolute atomic E-state index is 12.9. The Hall–Kier alpha value is -2.10. The number of benzene rings is 2. The van der Waals surface area contributed by atoms with Crippen LogP contribution in [0.1, 0.15) is 24.2 Å². The van der Waals surface area contributed by atoms with Crippen molar-refractivity contribution in [2.24, 2.45) is 0 Å². The molecule has 1 amide bonds. The Morgan fingerprint density at radius 1 is 1.00 bits per heavy atom. The molecule has 1 aromatic heterocycles. The van der Waals surface area contributed by atoms with E-state index in [-0.39, 0.29) is 11.7 Å². The number of rotatable bonds is 6. The van der Waals surface area contributed by atoms with E-state index < -0.39 is 5.79 Å². The van der Waals surface area contributed by atoms with Crippen LogP contribution in [0.25, 0.3) is 5.69 Å². The molecule has 2 aliphatic heterocycles. The van der Waals surface area contributed by atoms with Crippen molar-refractivity contribution in [3.63, 3.8) is 0 Å². The summed E-state index contributed by atoms with van der Waals surface area (Å²) in [4.78, 5) is 14.8. The molecule has 178 valence electrons. The van der Waals surface area contributed by atoms with Crippen molar-refractivity contribution in [3.05, 3.63) is 70.0 Å². The van der Waals surface area contributed by atoms with Gasteiger partial charge in [-0.1, -0.05) is 65.3 Å². The van der Waals surface area contributed by atoms with Gasteiger partial charge in [-0.3, -0.25) is 9.36 Å². The Morgan fingerprint density at radius 2 is 1.74 bits per heavy atom. The van der Waals surface area contributed by atoms with Gasteiger partial charge >= 0.3 is 0 Å². The first kappa shape index (κ1) is 23.6. The van der Waals surface area contributed by atoms with Gasteiger partial charge < -0.3 is 14.4 Å². The molecule has 0 saturated carbocycles. The molecule has 2 aliphatic rings. The first-order valence-corrected chi connectivity index (χ1v) is 12.9. The molecule has 10 heteroatoms. The van der Waals surface area contributed by atoms with Crippen LogP contribution >= 0.6 is 35.0 Å². The summed E-state index contributed by atoms with van der Waals surface area (Å²) in [5, 5.41) is 10.4. The molecule has 0 N–H and O–H groups in total. The predicted molar refractivity (Wildman–Crippen MR) is 132 cm³/mol. The van der Waals surface area contributed by atoms with Gasteiger partial charge in [0.05, 0.1) is 34.7 Å². The van der Waals surface area contributed by atoms with Crippen molar-refractivity contribution in [2.45, 2.75) is 30.2 Å². The lowest BCUT2D eigenvalue weighted by atomic mass is 10.0. The van der Waals surface area contributed by atoms with Gasteiger partial charge in [0.15, 0.2) is 10.9 Å². The average molecular weight is 519 g/mol. The normalized spacial score (nSPS) is 17.4. The van der Waals surface area contributed by atoms with E-state index in [1.807, 2.05) is 45.9 Å². The van der Waals surface area contributed by atoms with Crippen LogP contribution in [0.15, 0.2) is 53.7 Å². The molecule has 0 radical (unpaired) electrons. The maximum atomic E-state index is 12.9. The monoisotopic (exact) mass is 518 g/mol. The fourth-order valence-electron chi connectivity index (χ4n) is 4.27. The Morgan fingerprint density at radius 3 is 2.44 bits per heavy atom. The molecule has 2 aromatic carbocycles. The number of likely N-dealkylation sites (tertiary alicyclic amines) is 1. The van der Waals surface area contributed by atoms with Crippen LogP contribution in [0.3, 0.4) is 0 Å². The summed E-state index contributed by atoms with van der Waals surface area (Å²) in [5.74, 6) is 0.588. The molecule has 3 aromatic rings. The molecule has 2 saturated heterocycles. The van der Waals surface area contributed by atoms with Gasteiger partial charge in [0.25, 0.3) is 0 Å². The topological polar surface area (TPSA) is 69.5 Å². The number of carbonyl (C=O) groups is 1. The Kier molecular flexibility index (Phi) is 7.13. The predicted octanol–water partition coefficient (Wildman–Crippen LogP) is 4.62. The Labute approximate surface area is 212 Å². The average Bonchev–Trinajstić information content (AvgIpc) is 3.47. The molecule has 1 spiro atoms. The second-order valence-corrected chi connectivity index (χ2v) is 10.0. The first-order chi connectivity index (χ1) is 16.5. The van der Waals surface area contributed by atoms with Crippen molar-refractivity contribution < 1.29 is 14.3 Å². The highest BCUT2D eigenvalue weighted by atomic mass is 35.5. The third-order valence-corrected chi connectivity index (χ3v) is 7.74. The number of nitrogens with zero attached hydrogens (tertiary/aromatic N) is 4. The number of piperidine rings is 1. The number of aromatic nitrogens is 3. The van der Waals surface area contributed by atoms with Crippen LogP contribution in [-0.4, -0.2) is 63.4 Å². The minimum Gasteiger partial charge on any atom is -0.347 e. The number of hydrogen-bond acceptors (Lipinski definition) is 6. The number of hydrogen-bond donors (Lipinski definition) is 0. The molecule has 5 rings (SSSR count). The molecule has 0 atom stereocenters. The molecule has 0 bridgehead atoms. The van der Waals surface area contributed by atoms with Crippen molar-refractivity contribution in [3.8, 4) is 5.69 Å². The molecule has 0 unspecified atom stereocenters. The van der Waals surface area contributed by atoms with Gasteiger partial charge in [0.1, 0.15) is 5.82 Å². The smallest absolute Gasteiger partial charge is 0.233 e. The van der Waals surface area contributed by atoms with E-state index in [9.17, 15) is 4.79 Å². The summed E-state index contributed by atoms with van der Waals surface area (Å²) in [5.41, 5.74) is 1.91. The standard InChI is InChI=1S/C24H24Cl2N4O3S/c25-19-7-6-18(15-20(19)26)30-21(14-17-4-2-1-3-5-17)27-28-23(30)34-16-22(31)29-10-8-24(9-11-29)32-12-13-33-24/h1-7,15H,8-14,16H2. The summed E-state index contributed by atoms with van der Waals surface area (Å²) in [7, 11) is 0. The van der Waals surface area contributed by atoms with Gasteiger partial charge in [0, 0.05) is 32.4 Å². The van der Waals surface area contributed by atoms with Crippen LogP contribution < -0.4 is 0 Å². The summed E-state index contributed by atoms with van der Waals surface area (Å²) < 4.78 is 13.5. The molecule has 0 aliphatic carbocycles. The highest BCUT2D eigenvalue weighted by Crippen LogP contribution is 2.32. The van der Waals surface area contributed by atoms with Crippen LogP contribution in [0, 0.1) is 0 Å². The van der Waals surface area contributed by atoms with E-state index in [0.29, 0.717) is 60.8 Å². The summed E-state index contributed by atoms with van der Waals surface area (Å²) in [6.45, 7) is 2.50. The highest BCUT2D eigenvalue weighted by molar-refractivity contribution is 7.99. The minimum absolute atomic E-state index is 0.0612. The Balaban J connectivity index is 1.32. The van der Waals surface area contributed by atoms with Gasteiger partial charge in [-0.15, -0.1) is 10.2 Å². The molecular weight excluding hydrogens is 495 g/mol. The van der Waals surface area contributed by atoms with Crippen molar-refractivity contribution >= 4 is 40.9 Å². The lowest BCUT2D eigenvalue weighted by Crippen LogP contribution is -2.47. The molecule has 7 nitrogen and oxygen atoms in total. The van der Waals surface area contributed by atoms with E-state index >= 15 is 0 Å². The third kappa shape index (κ3) is 5.11. The molecule has 3 heterocycles. The van der Waals surface area contributed by atoms with Gasteiger partial charge in [-0.25, -0.2) is 0 Å². The van der Waals surface area contributed by atoms with E-state index in [2.05, 4.69) is 10.2 Å². The van der Waals surface area contributed by atoms with Crippen LogP contribution in [0.4, 0.5) is 0 Å². The zero-order valence-corrected chi connectivity index (χ0v) is 20.8. The lowest BCUT2D eigenvalue weighted by Gasteiger charge is -2.37. The fourth-order valence-corrected chi connectivity index (χ4v) is 5.44. The van der Waals surface area contributed by atoms with E-state index in [4.69, 9.17) is 32.7 Å². The Bertz CT molecular complexity index is 1160. The van der Waals surface area contributed by atoms with Crippen molar-refractivity contribution in [2.75, 3.05) is 32.1 Å². The minimum atomic E-state index is -0.496. The molecule has 2 fully saturated rings. The second kappa shape index (κ2) is 10.3. The van der Waals surface area contributed by atoms with Crippen LogP contribution in [-0.2, 0) is 20.7 Å². The SMILES string of the molecule is O=C(CSc1nnc(Cc2ccccc2)n1-c1ccc(Cl)c(Cl)c1)N1CCC2(CC1)OCCO2. The van der Waals surface area contributed by atoms with E-state index in [1.165, 1.54) is 11.8 Å². The summed E-state index contributed by atoms with van der Waals surface area (Å²) in [6, 6.07) is 15.5. The maximum Gasteiger partial charge on any atom is 0.233 e. The largest absolute Gasteiger partial charge is 0.347 e. The van der Waals surface area contributed by atoms with E-state index in [1.54, 1.807) is 12.1 Å². The fraction of sp³-hybridized carbons (Fsp3) is 0.375. The molecule has 34 heavy (non-hydrogen) atoms.